The molecule has 3 aliphatic rings. The monoisotopic (exact) mass is 234 g/mol. The van der Waals surface area contributed by atoms with Crippen LogP contribution in [0.5, 0.6) is 0 Å². The largest absolute Gasteiger partial charge is 0.457 e. The van der Waals surface area contributed by atoms with Crippen molar-refractivity contribution in [2.75, 3.05) is 0 Å². The van der Waals surface area contributed by atoms with Crippen molar-refractivity contribution in [3.63, 3.8) is 0 Å². The van der Waals surface area contributed by atoms with Gasteiger partial charge in [0, 0.05) is 6.08 Å². The number of fused-ring (bicyclic) bond motifs is 1. The van der Waals surface area contributed by atoms with E-state index >= 15 is 0 Å². The third kappa shape index (κ3) is 1.92. The summed E-state index contributed by atoms with van der Waals surface area (Å²) in [7, 11) is 0. The first-order valence-corrected chi connectivity index (χ1v) is 6.88. The van der Waals surface area contributed by atoms with Crippen LogP contribution in [0.15, 0.2) is 11.6 Å². The SMILES string of the molecule is CC(C)(C)OC(=O)C=C1C2CCC3CC1C2C3. The fourth-order valence-electron chi connectivity index (χ4n) is 4.12. The predicted octanol–water partition coefficient (Wildman–Crippen LogP) is 3.32. The normalized spacial score (nSPS) is 41.2. The quantitative estimate of drug-likeness (QED) is 0.514. The Hall–Kier alpha value is -0.790. The average Bonchev–Trinajstić information content (AvgIpc) is 2.36. The van der Waals surface area contributed by atoms with Crippen LogP contribution in [0.4, 0.5) is 0 Å². The van der Waals surface area contributed by atoms with Gasteiger partial charge in [-0.25, -0.2) is 4.79 Å². The van der Waals surface area contributed by atoms with Crippen LogP contribution in [0.1, 0.15) is 46.5 Å². The van der Waals surface area contributed by atoms with E-state index in [0.717, 1.165) is 17.8 Å². The van der Waals surface area contributed by atoms with Crippen LogP contribution in [0.2, 0.25) is 0 Å². The van der Waals surface area contributed by atoms with Gasteiger partial charge in [0.15, 0.2) is 0 Å². The lowest BCUT2D eigenvalue weighted by molar-refractivity contribution is -0.148. The molecule has 0 radical (unpaired) electrons. The maximum Gasteiger partial charge on any atom is 0.331 e. The molecule has 0 heterocycles. The lowest BCUT2D eigenvalue weighted by Crippen LogP contribution is -2.37. The molecule has 0 aliphatic heterocycles. The minimum atomic E-state index is -0.370. The van der Waals surface area contributed by atoms with Crippen LogP contribution in [-0.4, -0.2) is 11.6 Å². The van der Waals surface area contributed by atoms with Crippen molar-refractivity contribution in [3.05, 3.63) is 11.6 Å². The Kier molecular flexibility index (Phi) is 2.39. The molecule has 3 fully saturated rings. The molecule has 2 heteroatoms. The Labute approximate surface area is 103 Å². The number of carbonyl (C=O) groups is 1. The summed E-state index contributed by atoms with van der Waals surface area (Å²) in [6.07, 6.45) is 7.24. The lowest BCUT2D eigenvalue weighted by Gasteiger charge is -2.44. The van der Waals surface area contributed by atoms with Gasteiger partial charge in [-0.15, -0.1) is 0 Å². The topological polar surface area (TPSA) is 26.3 Å². The van der Waals surface area contributed by atoms with Gasteiger partial charge in [-0.05, 0) is 70.1 Å². The van der Waals surface area contributed by atoms with E-state index in [4.69, 9.17) is 4.74 Å². The Balaban J connectivity index is 1.71. The van der Waals surface area contributed by atoms with E-state index in [1.165, 1.54) is 31.3 Å². The molecule has 3 saturated carbocycles. The van der Waals surface area contributed by atoms with Gasteiger partial charge < -0.3 is 4.74 Å². The van der Waals surface area contributed by atoms with Crippen LogP contribution in [-0.2, 0) is 9.53 Å². The molecule has 0 aromatic heterocycles. The van der Waals surface area contributed by atoms with Crippen LogP contribution in [0.3, 0.4) is 0 Å². The summed E-state index contributed by atoms with van der Waals surface area (Å²) in [5.74, 6) is 3.15. The van der Waals surface area contributed by atoms with E-state index < -0.39 is 0 Å². The van der Waals surface area contributed by atoms with Gasteiger partial charge in [0.1, 0.15) is 5.60 Å². The van der Waals surface area contributed by atoms with Crippen molar-refractivity contribution in [3.8, 4) is 0 Å². The van der Waals surface area contributed by atoms with E-state index in [1.807, 2.05) is 26.8 Å². The molecule has 2 nitrogen and oxygen atoms in total. The van der Waals surface area contributed by atoms with Crippen LogP contribution in [0.25, 0.3) is 0 Å². The molecule has 94 valence electrons. The smallest absolute Gasteiger partial charge is 0.331 e. The summed E-state index contributed by atoms with van der Waals surface area (Å²) in [6.45, 7) is 5.77. The first-order valence-electron chi connectivity index (χ1n) is 6.88. The second-order valence-corrected chi connectivity index (χ2v) is 6.97. The standard InChI is InChI=1S/C15H22O2/c1-15(2,3)17-14(16)8-13-10-5-4-9-6-11(10)12(13)7-9/h8-12H,4-7H2,1-3H3. The van der Waals surface area contributed by atoms with Crippen LogP contribution < -0.4 is 0 Å². The third-order valence-corrected chi connectivity index (χ3v) is 4.66. The van der Waals surface area contributed by atoms with Crippen molar-refractivity contribution in [1.29, 1.82) is 0 Å². The molecule has 3 aliphatic carbocycles. The molecule has 0 amide bonds. The molecule has 0 saturated heterocycles. The zero-order valence-electron chi connectivity index (χ0n) is 11.0. The molecule has 0 N–H and O–H groups in total. The number of hydrogen-bond donors (Lipinski definition) is 0. The van der Waals surface area contributed by atoms with Crippen molar-refractivity contribution >= 4 is 5.97 Å². The molecule has 4 unspecified atom stereocenters. The highest BCUT2D eigenvalue weighted by Crippen LogP contribution is 2.63. The van der Waals surface area contributed by atoms with Gasteiger partial charge in [0.05, 0.1) is 0 Å². The molecule has 0 aromatic carbocycles. The van der Waals surface area contributed by atoms with Gasteiger partial charge in [-0.2, -0.15) is 0 Å². The number of rotatable bonds is 1. The van der Waals surface area contributed by atoms with E-state index in [9.17, 15) is 4.79 Å². The van der Waals surface area contributed by atoms with Crippen molar-refractivity contribution in [2.45, 2.75) is 52.1 Å². The Morgan fingerprint density at radius 2 is 2.00 bits per heavy atom. The Morgan fingerprint density at radius 1 is 1.24 bits per heavy atom. The first kappa shape index (κ1) is 11.3. The van der Waals surface area contributed by atoms with Crippen LogP contribution >= 0.6 is 0 Å². The highest BCUT2D eigenvalue weighted by molar-refractivity contribution is 5.83. The number of ether oxygens (including phenoxy) is 1. The zero-order chi connectivity index (χ0) is 12.2. The molecule has 3 rings (SSSR count). The molecule has 17 heavy (non-hydrogen) atoms. The van der Waals surface area contributed by atoms with Crippen molar-refractivity contribution in [2.24, 2.45) is 23.7 Å². The number of allylic oxidation sites excluding steroid dienone is 1. The number of hydrogen-bond acceptors (Lipinski definition) is 2. The van der Waals surface area contributed by atoms with Gasteiger partial charge >= 0.3 is 5.97 Å². The predicted molar refractivity (Wildman–Crippen MR) is 66.4 cm³/mol. The van der Waals surface area contributed by atoms with E-state index in [-0.39, 0.29) is 11.6 Å². The zero-order valence-corrected chi connectivity index (χ0v) is 11.0. The van der Waals surface area contributed by atoms with Crippen molar-refractivity contribution in [1.82, 2.24) is 0 Å². The average molecular weight is 234 g/mol. The summed E-state index contributed by atoms with van der Waals surface area (Å²) in [4.78, 5) is 11.8. The summed E-state index contributed by atoms with van der Waals surface area (Å²) in [6, 6.07) is 0. The molecule has 2 bridgehead atoms. The van der Waals surface area contributed by atoms with Crippen LogP contribution in [0, 0.1) is 23.7 Å². The number of esters is 1. The fraction of sp³-hybridized carbons (Fsp3) is 0.800. The highest BCUT2D eigenvalue weighted by atomic mass is 16.6. The minimum Gasteiger partial charge on any atom is -0.457 e. The molecule has 4 atom stereocenters. The number of carbonyl (C=O) groups excluding carboxylic acids is 1. The van der Waals surface area contributed by atoms with E-state index in [1.54, 1.807) is 0 Å². The third-order valence-electron chi connectivity index (χ3n) is 4.66. The summed E-state index contributed by atoms with van der Waals surface area (Å²) >= 11 is 0. The summed E-state index contributed by atoms with van der Waals surface area (Å²) in [5.41, 5.74) is 1.04. The second kappa shape index (κ2) is 3.60. The Bertz CT molecular complexity index is 367. The summed E-state index contributed by atoms with van der Waals surface area (Å²) in [5, 5.41) is 0. The molecular weight excluding hydrogens is 212 g/mol. The van der Waals surface area contributed by atoms with E-state index in [2.05, 4.69) is 0 Å². The van der Waals surface area contributed by atoms with Gasteiger partial charge in [-0.1, -0.05) is 5.57 Å². The minimum absolute atomic E-state index is 0.138. The molecule has 0 aromatic rings. The maximum absolute atomic E-state index is 11.8. The molecular formula is C15H22O2. The highest BCUT2D eigenvalue weighted by Gasteiger charge is 2.54. The lowest BCUT2D eigenvalue weighted by atomic mass is 9.60. The van der Waals surface area contributed by atoms with Gasteiger partial charge in [-0.3, -0.25) is 0 Å². The molecule has 0 spiro atoms. The first-order chi connectivity index (χ1) is 7.94. The maximum atomic E-state index is 11.8. The van der Waals surface area contributed by atoms with E-state index in [0.29, 0.717) is 5.92 Å². The fourth-order valence-corrected chi connectivity index (χ4v) is 4.12. The van der Waals surface area contributed by atoms with Gasteiger partial charge in [0.2, 0.25) is 0 Å². The van der Waals surface area contributed by atoms with Crippen molar-refractivity contribution < 1.29 is 9.53 Å². The second-order valence-electron chi connectivity index (χ2n) is 6.97. The van der Waals surface area contributed by atoms with Gasteiger partial charge in [0.25, 0.3) is 0 Å². The Morgan fingerprint density at radius 3 is 2.71 bits per heavy atom. The summed E-state index contributed by atoms with van der Waals surface area (Å²) < 4.78 is 5.38.